The molecule has 0 saturated carbocycles. The van der Waals surface area contributed by atoms with Gasteiger partial charge >= 0.3 is 0 Å². The van der Waals surface area contributed by atoms with Crippen molar-refractivity contribution in [2.24, 2.45) is 5.92 Å². The molecule has 144 valence electrons. The molecule has 0 radical (unpaired) electrons. The lowest BCUT2D eigenvalue weighted by Crippen LogP contribution is -2.39. The summed E-state index contributed by atoms with van der Waals surface area (Å²) in [6.45, 7) is 5.88. The Hall–Kier alpha value is -2.28. The zero-order valence-electron chi connectivity index (χ0n) is 15.9. The molecule has 1 saturated heterocycles. The Balaban J connectivity index is 1.56. The van der Waals surface area contributed by atoms with Crippen LogP contribution in [0.4, 0.5) is 0 Å². The van der Waals surface area contributed by atoms with Crippen molar-refractivity contribution in [1.82, 2.24) is 20.2 Å². The van der Waals surface area contributed by atoms with Crippen molar-refractivity contribution >= 4 is 23.2 Å². The molecular weight excluding hydrogens is 360 g/mol. The average Bonchev–Trinajstić information content (AvgIpc) is 3.17. The maximum Gasteiger partial charge on any atom is 0.253 e. The molecule has 2 aromatic rings. The second kappa shape index (κ2) is 9.08. The lowest BCUT2D eigenvalue weighted by atomic mass is 9.98. The van der Waals surface area contributed by atoms with Gasteiger partial charge in [0.15, 0.2) is 0 Å². The Labute approximate surface area is 164 Å². The number of pyridine rings is 1. The smallest absolute Gasteiger partial charge is 0.253 e. The molecule has 1 aliphatic rings. The fourth-order valence-electron chi connectivity index (χ4n) is 3.18. The highest BCUT2D eigenvalue weighted by atomic mass is 32.1. The molecule has 0 bridgehead atoms. The van der Waals surface area contributed by atoms with Gasteiger partial charge < -0.3 is 10.2 Å². The number of hydrogen-bond acceptors (Lipinski definition) is 5. The SMILES string of the molecule is CC(C)C(=O)NCCc1csc([C@@H]2CCCN(C(=O)c3ccncc3)C2)n1. The second-order valence-electron chi connectivity index (χ2n) is 7.20. The maximum absolute atomic E-state index is 12.7. The summed E-state index contributed by atoms with van der Waals surface area (Å²) < 4.78 is 0. The Morgan fingerprint density at radius 1 is 1.33 bits per heavy atom. The average molecular weight is 387 g/mol. The van der Waals surface area contributed by atoms with Gasteiger partial charge in [-0.1, -0.05) is 13.8 Å². The van der Waals surface area contributed by atoms with Gasteiger partial charge in [0.2, 0.25) is 5.91 Å². The van der Waals surface area contributed by atoms with E-state index in [1.54, 1.807) is 35.9 Å². The third kappa shape index (κ3) is 5.13. The minimum atomic E-state index is 0.00199. The molecule has 3 rings (SSSR count). The third-order valence-corrected chi connectivity index (χ3v) is 5.82. The molecule has 1 aliphatic heterocycles. The summed E-state index contributed by atoms with van der Waals surface area (Å²) in [6, 6.07) is 3.53. The second-order valence-corrected chi connectivity index (χ2v) is 8.09. The summed E-state index contributed by atoms with van der Waals surface area (Å²) in [6.07, 6.45) is 6.08. The van der Waals surface area contributed by atoms with Crippen LogP contribution in [0.2, 0.25) is 0 Å². The quantitative estimate of drug-likeness (QED) is 0.828. The molecular formula is C20H26N4O2S. The summed E-state index contributed by atoms with van der Waals surface area (Å²) in [7, 11) is 0. The fraction of sp³-hybridized carbons (Fsp3) is 0.500. The van der Waals surface area contributed by atoms with Gasteiger partial charge in [0.05, 0.1) is 10.7 Å². The van der Waals surface area contributed by atoms with E-state index < -0.39 is 0 Å². The lowest BCUT2D eigenvalue weighted by Gasteiger charge is -2.31. The standard InChI is InChI=1S/C20H26N4O2S/c1-14(2)18(25)22-10-7-17-13-27-19(23-17)16-4-3-11-24(12-16)20(26)15-5-8-21-9-6-15/h5-6,8-9,13-14,16H,3-4,7,10-12H2,1-2H3,(H,22,25)/t16-/m1/s1. The van der Waals surface area contributed by atoms with Crippen molar-refractivity contribution < 1.29 is 9.59 Å². The lowest BCUT2D eigenvalue weighted by molar-refractivity contribution is -0.123. The number of nitrogens with zero attached hydrogens (tertiary/aromatic N) is 3. The minimum Gasteiger partial charge on any atom is -0.355 e. The number of hydrogen-bond donors (Lipinski definition) is 1. The first-order valence-electron chi connectivity index (χ1n) is 9.46. The molecule has 2 amide bonds. The number of carbonyl (C=O) groups is 2. The van der Waals surface area contributed by atoms with E-state index in [9.17, 15) is 9.59 Å². The van der Waals surface area contributed by atoms with Gasteiger partial charge in [0.1, 0.15) is 0 Å². The number of aromatic nitrogens is 2. The van der Waals surface area contributed by atoms with Crippen LogP contribution in [0.15, 0.2) is 29.9 Å². The van der Waals surface area contributed by atoms with Gasteiger partial charge in [-0.2, -0.15) is 0 Å². The van der Waals surface area contributed by atoms with Gasteiger partial charge in [0, 0.05) is 61.2 Å². The van der Waals surface area contributed by atoms with Crippen LogP contribution >= 0.6 is 11.3 Å². The van der Waals surface area contributed by atoms with E-state index in [1.807, 2.05) is 18.7 Å². The van der Waals surface area contributed by atoms with Crippen LogP contribution in [0.3, 0.4) is 0 Å². The number of carbonyl (C=O) groups excluding carboxylic acids is 2. The number of piperidine rings is 1. The van der Waals surface area contributed by atoms with E-state index in [0.717, 1.165) is 36.5 Å². The van der Waals surface area contributed by atoms with E-state index in [1.165, 1.54) is 0 Å². The van der Waals surface area contributed by atoms with Gasteiger partial charge in [-0.25, -0.2) is 4.98 Å². The summed E-state index contributed by atoms with van der Waals surface area (Å²) >= 11 is 1.66. The molecule has 27 heavy (non-hydrogen) atoms. The predicted octanol–water partition coefficient (Wildman–Crippen LogP) is 2.87. The van der Waals surface area contributed by atoms with Crippen molar-refractivity contribution in [3.8, 4) is 0 Å². The van der Waals surface area contributed by atoms with Crippen molar-refractivity contribution in [2.45, 2.75) is 39.0 Å². The molecule has 1 atom stereocenters. The molecule has 1 N–H and O–H groups in total. The van der Waals surface area contributed by atoms with Crippen LogP contribution in [0, 0.1) is 5.92 Å². The molecule has 0 spiro atoms. The van der Waals surface area contributed by atoms with E-state index in [4.69, 9.17) is 4.98 Å². The highest BCUT2D eigenvalue weighted by Crippen LogP contribution is 2.30. The van der Waals surface area contributed by atoms with Crippen LogP contribution in [0.1, 0.15) is 53.7 Å². The molecule has 2 aromatic heterocycles. The largest absolute Gasteiger partial charge is 0.355 e. The first-order valence-corrected chi connectivity index (χ1v) is 10.3. The summed E-state index contributed by atoms with van der Waals surface area (Å²) in [5.41, 5.74) is 1.70. The first-order chi connectivity index (χ1) is 13.0. The van der Waals surface area contributed by atoms with Crippen LogP contribution in [0.25, 0.3) is 0 Å². The fourth-order valence-corrected chi connectivity index (χ4v) is 4.17. The van der Waals surface area contributed by atoms with Crippen molar-refractivity contribution in [1.29, 1.82) is 0 Å². The zero-order valence-corrected chi connectivity index (χ0v) is 16.7. The summed E-state index contributed by atoms with van der Waals surface area (Å²) in [5.74, 6) is 0.425. The van der Waals surface area contributed by atoms with Gasteiger partial charge in [-0.3, -0.25) is 14.6 Å². The van der Waals surface area contributed by atoms with E-state index in [-0.39, 0.29) is 23.7 Å². The molecule has 0 aliphatic carbocycles. The van der Waals surface area contributed by atoms with Crippen molar-refractivity contribution in [3.05, 3.63) is 46.2 Å². The van der Waals surface area contributed by atoms with Gasteiger partial charge in [-0.05, 0) is 25.0 Å². The predicted molar refractivity (Wildman–Crippen MR) is 106 cm³/mol. The van der Waals surface area contributed by atoms with Crippen molar-refractivity contribution in [3.63, 3.8) is 0 Å². The van der Waals surface area contributed by atoms with E-state index in [0.29, 0.717) is 18.7 Å². The maximum atomic E-state index is 12.7. The Morgan fingerprint density at radius 3 is 2.85 bits per heavy atom. The number of rotatable bonds is 6. The number of nitrogens with one attached hydrogen (secondary N) is 1. The zero-order chi connectivity index (χ0) is 19.2. The monoisotopic (exact) mass is 386 g/mol. The van der Waals surface area contributed by atoms with Crippen LogP contribution in [0.5, 0.6) is 0 Å². The Kier molecular flexibility index (Phi) is 6.55. The molecule has 1 fully saturated rings. The van der Waals surface area contributed by atoms with Crippen LogP contribution in [-0.4, -0.2) is 46.3 Å². The van der Waals surface area contributed by atoms with Gasteiger partial charge in [0.25, 0.3) is 5.91 Å². The highest BCUT2D eigenvalue weighted by molar-refractivity contribution is 7.09. The Morgan fingerprint density at radius 2 is 2.11 bits per heavy atom. The summed E-state index contributed by atoms with van der Waals surface area (Å²) in [4.78, 5) is 35.0. The number of thiazole rings is 1. The topological polar surface area (TPSA) is 75.2 Å². The number of likely N-dealkylation sites (tertiary alicyclic amines) is 1. The minimum absolute atomic E-state index is 0.00199. The normalized spacial score (nSPS) is 17.1. The van der Waals surface area contributed by atoms with E-state index >= 15 is 0 Å². The van der Waals surface area contributed by atoms with E-state index in [2.05, 4.69) is 15.7 Å². The first kappa shape index (κ1) is 19.5. The summed E-state index contributed by atoms with van der Waals surface area (Å²) in [5, 5.41) is 6.09. The number of amides is 2. The Bertz CT molecular complexity index is 775. The van der Waals surface area contributed by atoms with Crippen LogP contribution in [-0.2, 0) is 11.2 Å². The molecule has 0 unspecified atom stereocenters. The molecule has 3 heterocycles. The van der Waals surface area contributed by atoms with Crippen molar-refractivity contribution in [2.75, 3.05) is 19.6 Å². The highest BCUT2D eigenvalue weighted by Gasteiger charge is 2.27. The molecule has 0 aromatic carbocycles. The molecule has 6 nitrogen and oxygen atoms in total. The third-order valence-electron chi connectivity index (χ3n) is 4.76. The van der Waals surface area contributed by atoms with Gasteiger partial charge in [-0.15, -0.1) is 11.3 Å². The van der Waals surface area contributed by atoms with Crippen LogP contribution < -0.4 is 5.32 Å². The molecule has 7 heteroatoms.